The summed E-state index contributed by atoms with van der Waals surface area (Å²) in [6.07, 6.45) is 0.372. The molecule has 0 aromatic heterocycles. The number of nitrogens with two attached hydrogens (primary N) is 1. The molecule has 1 atom stereocenters. The van der Waals surface area contributed by atoms with Gasteiger partial charge in [0, 0.05) is 16.6 Å². The standard InChI is InChI=1S/C28H27BrN2O5S/c1-17(2)19-5-7-20(8-6-19)25-24(26(32)21-9-11-22(29)12-10-21)27(33)28(34)31(25)16-15-18-3-13-23(14-4-18)37(30,35)36/h3-14,17,25,32H,15-16H2,1-2H3,(H2,30,35,36)/t25-/m1/s1. The molecule has 1 heterocycles. The Hall–Kier alpha value is -3.27. The number of benzene rings is 3. The zero-order valence-electron chi connectivity index (χ0n) is 20.4. The van der Waals surface area contributed by atoms with Crippen LogP contribution in [0.4, 0.5) is 0 Å². The second-order valence-electron chi connectivity index (χ2n) is 9.26. The molecule has 3 aromatic rings. The van der Waals surface area contributed by atoms with Crippen LogP contribution in [0, 0.1) is 0 Å². The molecular weight excluding hydrogens is 556 g/mol. The van der Waals surface area contributed by atoms with Gasteiger partial charge >= 0.3 is 0 Å². The highest BCUT2D eigenvalue weighted by Gasteiger charge is 2.45. The second-order valence-corrected chi connectivity index (χ2v) is 11.7. The van der Waals surface area contributed by atoms with Gasteiger partial charge in [0.1, 0.15) is 5.76 Å². The number of hydrogen-bond acceptors (Lipinski definition) is 5. The largest absolute Gasteiger partial charge is 0.507 e. The average molecular weight is 584 g/mol. The molecule has 0 radical (unpaired) electrons. The first-order chi connectivity index (χ1) is 17.5. The quantitative estimate of drug-likeness (QED) is 0.234. The van der Waals surface area contributed by atoms with Crippen LogP contribution in [-0.2, 0) is 26.0 Å². The van der Waals surface area contributed by atoms with E-state index in [1.165, 1.54) is 17.0 Å². The molecular formula is C28H27BrN2O5S. The first-order valence-electron chi connectivity index (χ1n) is 11.7. The van der Waals surface area contributed by atoms with Crippen molar-refractivity contribution in [1.29, 1.82) is 0 Å². The Balaban J connectivity index is 1.73. The number of aliphatic hydroxyl groups excluding tert-OH is 1. The number of carbonyl (C=O) groups excluding carboxylic acids is 2. The van der Waals surface area contributed by atoms with E-state index in [2.05, 4.69) is 29.8 Å². The molecule has 0 saturated carbocycles. The molecule has 0 bridgehead atoms. The molecule has 1 aliphatic heterocycles. The third-order valence-corrected chi connectivity index (χ3v) is 7.93. The van der Waals surface area contributed by atoms with E-state index >= 15 is 0 Å². The number of carbonyl (C=O) groups is 2. The number of Topliss-reactive ketones (excluding diaryl/α,β-unsaturated/α-hetero) is 1. The Bertz CT molecular complexity index is 1460. The smallest absolute Gasteiger partial charge is 0.295 e. The third-order valence-electron chi connectivity index (χ3n) is 6.47. The zero-order valence-corrected chi connectivity index (χ0v) is 22.8. The summed E-state index contributed by atoms with van der Waals surface area (Å²) in [6, 6.07) is 19.9. The van der Waals surface area contributed by atoms with Crippen LogP contribution < -0.4 is 5.14 Å². The van der Waals surface area contributed by atoms with Gasteiger partial charge in [-0.25, -0.2) is 13.6 Å². The van der Waals surface area contributed by atoms with Gasteiger partial charge in [-0.15, -0.1) is 0 Å². The molecule has 3 aromatic carbocycles. The van der Waals surface area contributed by atoms with Gasteiger partial charge in [0.2, 0.25) is 10.0 Å². The number of nitrogens with zero attached hydrogens (tertiary/aromatic N) is 1. The maximum Gasteiger partial charge on any atom is 0.295 e. The number of primary sulfonamides is 1. The Labute approximate surface area is 224 Å². The lowest BCUT2D eigenvalue weighted by atomic mass is 9.93. The number of sulfonamides is 1. The van der Waals surface area contributed by atoms with Crippen LogP contribution in [0.1, 0.15) is 48.1 Å². The van der Waals surface area contributed by atoms with Crippen molar-refractivity contribution in [2.45, 2.75) is 37.1 Å². The molecule has 3 N–H and O–H groups in total. The summed E-state index contributed by atoms with van der Waals surface area (Å²) >= 11 is 3.37. The van der Waals surface area contributed by atoms with E-state index in [1.54, 1.807) is 36.4 Å². The summed E-state index contributed by atoms with van der Waals surface area (Å²) in [4.78, 5) is 27.9. The van der Waals surface area contributed by atoms with Crippen LogP contribution >= 0.6 is 15.9 Å². The van der Waals surface area contributed by atoms with Gasteiger partial charge in [0.05, 0.1) is 16.5 Å². The fourth-order valence-electron chi connectivity index (χ4n) is 4.38. The molecule has 0 spiro atoms. The monoisotopic (exact) mass is 582 g/mol. The Morgan fingerprint density at radius 1 is 0.973 bits per heavy atom. The van der Waals surface area contributed by atoms with Gasteiger partial charge in [0.15, 0.2) is 0 Å². The van der Waals surface area contributed by atoms with E-state index in [9.17, 15) is 23.1 Å². The molecule has 192 valence electrons. The van der Waals surface area contributed by atoms with Crippen molar-refractivity contribution in [1.82, 2.24) is 4.90 Å². The summed E-state index contributed by atoms with van der Waals surface area (Å²) in [5.41, 5.74) is 3.07. The zero-order chi connectivity index (χ0) is 26.9. The number of halogens is 1. The minimum Gasteiger partial charge on any atom is -0.507 e. The van der Waals surface area contributed by atoms with Gasteiger partial charge in [-0.1, -0.05) is 78.3 Å². The van der Waals surface area contributed by atoms with E-state index in [4.69, 9.17) is 5.14 Å². The van der Waals surface area contributed by atoms with Crippen LogP contribution in [0.15, 0.2) is 87.7 Å². The van der Waals surface area contributed by atoms with Crippen LogP contribution in [0.3, 0.4) is 0 Å². The Morgan fingerprint density at radius 2 is 1.57 bits per heavy atom. The SMILES string of the molecule is CC(C)c1ccc([C@@H]2C(=C(O)c3ccc(Br)cc3)C(=O)C(=O)N2CCc2ccc(S(N)(=O)=O)cc2)cc1. The van der Waals surface area contributed by atoms with Crippen molar-refractivity contribution >= 4 is 43.4 Å². The minimum absolute atomic E-state index is 0.00330. The van der Waals surface area contributed by atoms with Gasteiger partial charge in [-0.2, -0.15) is 0 Å². The highest BCUT2D eigenvalue weighted by atomic mass is 79.9. The van der Waals surface area contributed by atoms with Crippen LogP contribution in [0.25, 0.3) is 5.76 Å². The third kappa shape index (κ3) is 5.69. The van der Waals surface area contributed by atoms with E-state index in [1.807, 2.05) is 24.3 Å². The van der Waals surface area contributed by atoms with E-state index in [0.717, 1.165) is 15.6 Å². The molecule has 7 nitrogen and oxygen atoms in total. The molecule has 0 aliphatic carbocycles. The number of rotatable bonds is 7. The number of hydrogen-bond donors (Lipinski definition) is 2. The predicted molar refractivity (Wildman–Crippen MR) is 145 cm³/mol. The summed E-state index contributed by atoms with van der Waals surface area (Å²) in [5, 5.41) is 16.4. The summed E-state index contributed by atoms with van der Waals surface area (Å²) in [6.45, 7) is 4.35. The number of likely N-dealkylation sites (tertiary alicyclic amines) is 1. The Kier molecular flexibility index (Phi) is 7.68. The fourth-order valence-corrected chi connectivity index (χ4v) is 5.16. The molecule has 1 amide bonds. The lowest BCUT2D eigenvalue weighted by molar-refractivity contribution is -0.139. The highest BCUT2D eigenvalue weighted by molar-refractivity contribution is 9.10. The van der Waals surface area contributed by atoms with Gasteiger partial charge in [-0.3, -0.25) is 9.59 Å². The van der Waals surface area contributed by atoms with Crippen molar-refractivity contribution in [2.24, 2.45) is 5.14 Å². The van der Waals surface area contributed by atoms with Crippen molar-refractivity contribution in [3.05, 3.63) is 105 Å². The number of amides is 1. The number of aliphatic hydroxyl groups is 1. The normalized spacial score (nSPS) is 17.5. The molecule has 37 heavy (non-hydrogen) atoms. The van der Waals surface area contributed by atoms with Crippen molar-refractivity contribution in [2.75, 3.05) is 6.54 Å². The van der Waals surface area contributed by atoms with Gasteiger partial charge in [0.25, 0.3) is 11.7 Å². The van der Waals surface area contributed by atoms with Crippen LogP contribution in [0.2, 0.25) is 0 Å². The first-order valence-corrected chi connectivity index (χ1v) is 14.1. The van der Waals surface area contributed by atoms with Gasteiger partial charge < -0.3 is 10.0 Å². The number of ketones is 1. The van der Waals surface area contributed by atoms with Crippen LogP contribution in [0.5, 0.6) is 0 Å². The summed E-state index contributed by atoms with van der Waals surface area (Å²) in [5.74, 6) is -1.37. The van der Waals surface area contributed by atoms with Crippen molar-refractivity contribution in [3.63, 3.8) is 0 Å². The molecule has 1 aliphatic rings. The molecule has 0 unspecified atom stereocenters. The Morgan fingerprint density at radius 3 is 2.11 bits per heavy atom. The molecule has 1 fully saturated rings. The predicted octanol–water partition coefficient (Wildman–Crippen LogP) is 4.88. The second kappa shape index (κ2) is 10.6. The first kappa shape index (κ1) is 26.8. The topological polar surface area (TPSA) is 118 Å². The average Bonchev–Trinajstić information content (AvgIpc) is 3.12. The van der Waals surface area contributed by atoms with Crippen molar-refractivity contribution < 1.29 is 23.1 Å². The maximum atomic E-state index is 13.2. The molecule has 4 rings (SSSR count). The lowest BCUT2D eigenvalue weighted by Gasteiger charge is -2.26. The fraction of sp³-hybridized carbons (Fsp3) is 0.214. The summed E-state index contributed by atoms with van der Waals surface area (Å²) < 4.78 is 23.9. The molecule has 9 heteroatoms. The molecule has 1 saturated heterocycles. The van der Waals surface area contributed by atoms with Crippen LogP contribution in [-0.4, -0.2) is 36.7 Å². The lowest BCUT2D eigenvalue weighted by Crippen LogP contribution is -2.31. The maximum absolute atomic E-state index is 13.2. The van der Waals surface area contributed by atoms with E-state index < -0.39 is 27.8 Å². The minimum atomic E-state index is -3.81. The highest BCUT2D eigenvalue weighted by Crippen LogP contribution is 2.40. The van der Waals surface area contributed by atoms with Crippen molar-refractivity contribution in [3.8, 4) is 0 Å². The van der Waals surface area contributed by atoms with Gasteiger partial charge in [-0.05, 0) is 53.3 Å². The summed E-state index contributed by atoms with van der Waals surface area (Å²) in [7, 11) is -3.81. The van der Waals surface area contributed by atoms with E-state index in [-0.39, 0.29) is 22.8 Å². The van der Waals surface area contributed by atoms with E-state index in [0.29, 0.717) is 23.5 Å².